The van der Waals surface area contributed by atoms with Crippen molar-refractivity contribution in [2.24, 2.45) is 16.6 Å². The van der Waals surface area contributed by atoms with Crippen LogP contribution < -0.4 is 10.6 Å². The molecular formula is C22H19Cl3F6N4. The molecule has 1 saturated carbocycles. The predicted octanol–water partition coefficient (Wildman–Crippen LogP) is 7.04. The summed E-state index contributed by atoms with van der Waals surface area (Å²) >= 11 is 17.8. The summed E-state index contributed by atoms with van der Waals surface area (Å²) in [7, 11) is 0. The summed E-state index contributed by atoms with van der Waals surface area (Å²) in [5.41, 5.74) is 1.73. The van der Waals surface area contributed by atoms with Crippen LogP contribution in [0.1, 0.15) is 36.1 Å². The van der Waals surface area contributed by atoms with Crippen LogP contribution in [0.2, 0.25) is 15.1 Å². The van der Waals surface area contributed by atoms with Gasteiger partial charge in [0.05, 0.1) is 27.4 Å². The molecular weight excluding hydrogens is 541 g/mol. The smallest absolute Gasteiger partial charge is 0.387 e. The van der Waals surface area contributed by atoms with Gasteiger partial charge in [-0.25, -0.2) is 4.98 Å². The maximum absolute atomic E-state index is 14.4. The van der Waals surface area contributed by atoms with Crippen LogP contribution >= 0.6 is 34.8 Å². The highest BCUT2D eigenvalue weighted by atomic mass is 35.5. The Kier molecular flexibility index (Phi) is 6.87. The Morgan fingerprint density at radius 3 is 2.26 bits per heavy atom. The molecule has 2 fully saturated rings. The van der Waals surface area contributed by atoms with E-state index in [1.54, 1.807) is 0 Å². The molecule has 1 aliphatic heterocycles. The standard InChI is InChI=1S/C22H19Cl3F6N4/c23-14-7-13(8-15(24)17(14)25)20(22(29,30)31)5-6-35(10-20)16-4-3-12(18(34-16)21(26,27)28)9-33-19(32)11-1-2-11/h3-4,7-8,11H,1-2,5-6,9-10H2,(H2,32,33). The van der Waals surface area contributed by atoms with Gasteiger partial charge in [0.25, 0.3) is 0 Å². The van der Waals surface area contributed by atoms with Crippen molar-refractivity contribution in [2.75, 3.05) is 18.0 Å². The Hall–Kier alpha value is -1.91. The van der Waals surface area contributed by atoms with Gasteiger partial charge in [0.2, 0.25) is 0 Å². The molecule has 190 valence electrons. The minimum Gasteiger partial charge on any atom is -0.387 e. The van der Waals surface area contributed by atoms with Crippen molar-refractivity contribution in [3.8, 4) is 0 Å². The number of benzene rings is 1. The molecule has 2 heterocycles. The molecule has 1 aliphatic carbocycles. The van der Waals surface area contributed by atoms with Gasteiger partial charge in [-0.1, -0.05) is 40.9 Å². The van der Waals surface area contributed by atoms with Gasteiger partial charge < -0.3 is 10.6 Å². The molecule has 1 atom stereocenters. The highest BCUT2D eigenvalue weighted by Crippen LogP contribution is 2.50. The highest BCUT2D eigenvalue weighted by molar-refractivity contribution is 6.48. The van der Waals surface area contributed by atoms with E-state index in [0.717, 1.165) is 25.0 Å². The number of hydrogen-bond donors (Lipinski definition) is 1. The van der Waals surface area contributed by atoms with Crippen LogP contribution in [0.15, 0.2) is 29.3 Å². The third kappa shape index (κ3) is 5.15. The summed E-state index contributed by atoms with van der Waals surface area (Å²) in [6.45, 7) is -1.17. The van der Waals surface area contributed by atoms with Gasteiger partial charge >= 0.3 is 12.4 Å². The van der Waals surface area contributed by atoms with Gasteiger partial charge in [0.1, 0.15) is 11.2 Å². The van der Waals surface area contributed by atoms with Gasteiger partial charge in [-0.2, -0.15) is 26.3 Å². The molecule has 1 unspecified atom stereocenters. The zero-order chi connectivity index (χ0) is 25.8. The number of halogens is 9. The number of amidine groups is 1. The number of anilines is 1. The average Bonchev–Trinajstić information content (AvgIpc) is 3.51. The van der Waals surface area contributed by atoms with Crippen molar-refractivity contribution in [1.82, 2.24) is 4.98 Å². The van der Waals surface area contributed by atoms with Gasteiger partial charge in [-0.05, 0) is 43.0 Å². The number of aliphatic imine (C=N–C) groups is 1. The molecule has 4 rings (SSSR count). The fraction of sp³-hybridized carbons (Fsp3) is 0.455. The third-order valence-electron chi connectivity index (χ3n) is 6.33. The molecule has 2 aliphatic rings. The van der Waals surface area contributed by atoms with Crippen LogP contribution in [0, 0.1) is 5.92 Å². The molecule has 1 aromatic carbocycles. The van der Waals surface area contributed by atoms with Gasteiger partial charge in [0, 0.05) is 24.6 Å². The fourth-order valence-corrected chi connectivity index (χ4v) is 4.78. The van der Waals surface area contributed by atoms with E-state index in [-0.39, 0.29) is 56.9 Å². The summed E-state index contributed by atoms with van der Waals surface area (Å²) < 4.78 is 84.4. The van der Waals surface area contributed by atoms with Crippen molar-refractivity contribution in [2.45, 2.75) is 43.6 Å². The number of hydrogen-bond acceptors (Lipinski definition) is 3. The molecule has 1 aromatic heterocycles. The van der Waals surface area contributed by atoms with E-state index < -0.39 is 36.4 Å². The van der Waals surface area contributed by atoms with Crippen LogP contribution in [-0.4, -0.2) is 30.1 Å². The zero-order valence-corrected chi connectivity index (χ0v) is 20.2. The van der Waals surface area contributed by atoms with Crippen LogP contribution in [0.3, 0.4) is 0 Å². The van der Waals surface area contributed by atoms with Crippen LogP contribution in [0.5, 0.6) is 0 Å². The first-order chi connectivity index (χ1) is 16.2. The van der Waals surface area contributed by atoms with E-state index in [2.05, 4.69) is 9.98 Å². The normalized spacial score (nSPS) is 21.6. The second kappa shape index (κ2) is 9.19. The van der Waals surface area contributed by atoms with E-state index in [9.17, 15) is 26.3 Å². The van der Waals surface area contributed by atoms with Crippen molar-refractivity contribution >= 4 is 46.5 Å². The number of nitrogens with zero attached hydrogens (tertiary/aromatic N) is 3. The lowest BCUT2D eigenvalue weighted by atomic mass is 9.79. The Morgan fingerprint density at radius 2 is 1.71 bits per heavy atom. The molecule has 35 heavy (non-hydrogen) atoms. The topological polar surface area (TPSA) is 54.5 Å². The summed E-state index contributed by atoms with van der Waals surface area (Å²) in [5, 5.41) is -0.380. The lowest BCUT2D eigenvalue weighted by molar-refractivity contribution is -0.184. The second-order valence-electron chi connectivity index (χ2n) is 8.70. The molecule has 1 saturated heterocycles. The summed E-state index contributed by atoms with van der Waals surface area (Å²) in [6.07, 6.45) is -8.31. The van der Waals surface area contributed by atoms with Gasteiger partial charge in [-0.3, -0.25) is 4.99 Å². The first-order valence-corrected chi connectivity index (χ1v) is 11.7. The molecule has 2 N–H and O–H groups in total. The highest BCUT2D eigenvalue weighted by Gasteiger charge is 2.59. The fourth-order valence-electron chi connectivity index (χ4n) is 4.18. The monoisotopic (exact) mass is 558 g/mol. The summed E-state index contributed by atoms with van der Waals surface area (Å²) in [4.78, 5) is 8.91. The third-order valence-corrected chi connectivity index (χ3v) is 7.53. The maximum Gasteiger partial charge on any atom is 0.433 e. The molecule has 4 nitrogen and oxygen atoms in total. The molecule has 2 aromatic rings. The average molecular weight is 560 g/mol. The molecule has 0 bridgehead atoms. The van der Waals surface area contributed by atoms with Crippen LogP contribution in [0.4, 0.5) is 32.2 Å². The molecule has 0 spiro atoms. The van der Waals surface area contributed by atoms with Crippen molar-refractivity contribution in [3.05, 3.63) is 56.2 Å². The number of pyridine rings is 1. The minimum absolute atomic E-state index is 0.0821. The van der Waals surface area contributed by atoms with Crippen molar-refractivity contribution in [3.63, 3.8) is 0 Å². The van der Waals surface area contributed by atoms with Crippen molar-refractivity contribution in [1.29, 1.82) is 0 Å². The quantitative estimate of drug-likeness (QED) is 0.185. The molecule has 13 heteroatoms. The number of alkyl halides is 6. The Morgan fingerprint density at radius 1 is 1.09 bits per heavy atom. The Labute approximate surface area is 212 Å². The number of rotatable bonds is 5. The van der Waals surface area contributed by atoms with E-state index in [0.29, 0.717) is 0 Å². The number of nitrogens with two attached hydrogens (primary N) is 1. The van der Waals surface area contributed by atoms with Crippen LogP contribution in [-0.2, 0) is 18.1 Å². The first-order valence-electron chi connectivity index (χ1n) is 10.6. The minimum atomic E-state index is -4.83. The van der Waals surface area contributed by atoms with Gasteiger partial charge in [0.15, 0.2) is 5.69 Å². The lowest BCUT2D eigenvalue weighted by Crippen LogP contribution is -2.45. The molecule has 0 radical (unpaired) electrons. The van der Waals surface area contributed by atoms with E-state index >= 15 is 0 Å². The summed E-state index contributed by atoms with van der Waals surface area (Å²) in [5.74, 6) is 0.154. The van der Waals surface area contributed by atoms with E-state index in [1.165, 1.54) is 17.0 Å². The zero-order valence-electron chi connectivity index (χ0n) is 18.0. The van der Waals surface area contributed by atoms with E-state index in [4.69, 9.17) is 40.5 Å². The van der Waals surface area contributed by atoms with Gasteiger partial charge in [-0.15, -0.1) is 0 Å². The van der Waals surface area contributed by atoms with Crippen LogP contribution in [0.25, 0.3) is 0 Å². The Bertz CT molecular complexity index is 1140. The lowest BCUT2D eigenvalue weighted by Gasteiger charge is -2.33. The van der Waals surface area contributed by atoms with E-state index in [1.807, 2.05) is 0 Å². The SMILES string of the molecule is NC(=NCc1ccc(N2CCC(c3cc(Cl)c(Cl)c(Cl)c3)(C(F)(F)F)C2)nc1C(F)(F)F)C1CC1. The Balaban J connectivity index is 1.68. The first kappa shape index (κ1) is 26.2. The second-order valence-corrected chi connectivity index (χ2v) is 9.89. The maximum atomic E-state index is 14.4. The molecule has 0 amide bonds. The number of aromatic nitrogens is 1. The summed E-state index contributed by atoms with van der Waals surface area (Å²) in [6, 6.07) is 4.62. The van der Waals surface area contributed by atoms with Crippen molar-refractivity contribution < 1.29 is 26.3 Å². The predicted molar refractivity (Wildman–Crippen MR) is 123 cm³/mol. The largest absolute Gasteiger partial charge is 0.433 e.